The number of amides is 1. The van der Waals surface area contributed by atoms with Crippen LogP contribution in [0.3, 0.4) is 0 Å². The van der Waals surface area contributed by atoms with Gasteiger partial charge in [0.25, 0.3) is 0 Å². The fourth-order valence-corrected chi connectivity index (χ4v) is 2.69. The molecule has 0 heterocycles. The van der Waals surface area contributed by atoms with Crippen LogP contribution in [0.1, 0.15) is 52.1 Å². The molecule has 1 aliphatic carbocycles. The van der Waals surface area contributed by atoms with E-state index >= 15 is 0 Å². The van der Waals surface area contributed by atoms with Crippen molar-refractivity contribution in [2.45, 2.75) is 64.3 Å². The van der Waals surface area contributed by atoms with Crippen molar-refractivity contribution in [3.8, 4) is 11.5 Å². The molecule has 4 N–H and O–H groups in total. The third-order valence-corrected chi connectivity index (χ3v) is 3.83. The number of hydrogen-bond donors (Lipinski definition) is 4. The van der Waals surface area contributed by atoms with Gasteiger partial charge in [-0.1, -0.05) is 6.07 Å². The van der Waals surface area contributed by atoms with Crippen molar-refractivity contribution in [2.24, 2.45) is 0 Å². The second-order valence-corrected chi connectivity index (χ2v) is 7.14. The van der Waals surface area contributed by atoms with Crippen LogP contribution in [-0.4, -0.2) is 34.0 Å². The van der Waals surface area contributed by atoms with Gasteiger partial charge in [0.15, 0.2) is 0 Å². The zero-order chi connectivity index (χ0) is 17.2. The highest BCUT2D eigenvalue weighted by Gasteiger charge is 2.32. The molecular weight excluding hydrogens is 296 g/mol. The summed E-state index contributed by atoms with van der Waals surface area (Å²) in [6.45, 7) is 7.47. The summed E-state index contributed by atoms with van der Waals surface area (Å²) in [5.74, 6) is 0.122. The second kappa shape index (κ2) is 6.66. The molecule has 6 heteroatoms. The highest BCUT2D eigenvalue weighted by Crippen LogP contribution is 2.30. The Bertz CT molecular complexity index is 562. The number of nitrogens with one attached hydrogen (secondary N) is 2. The van der Waals surface area contributed by atoms with Crippen LogP contribution in [0.4, 0.5) is 4.79 Å². The van der Waals surface area contributed by atoms with Gasteiger partial charge in [-0.15, -0.1) is 0 Å². The van der Waals surface area contributed by atoms with Crippen molar-refractivity contribution in [1.29, 1.82) is 0 Å². The molecule has 0 bridgehead atoms. The van der Waals surface area contributed by atoms with E-state index in [4.69, 9.17) is 4.74 Å². The van der Waals surface area contributed by atoms with Crippen LogP contribution in [0.15, 0.2) is 18.2 Å². The normalized spacial score (nSPS) is 22.1. The smallest absolute Gasteiger partial charge is 0.407 e. The van der Waals surface area contributed by atoms with Crippen LogP contribution < -0.4 is 10.6 Å². The first kappa shape index (κ1) is 17.4. The molecule has 1 aliphatic rings. The summed E-state index contributed by atoms with van der Waals surface area (Å²) in [4.78, 5) is 11.7. The van der Waals surface area contributed by atoms with Gasteiger partial charge in [-0.3, -0.25) is 0 Å². The highest BCUT2D eigenvalue weighted by atomic mass is 16.6. The van der Waals surface area contributed by atoms with Crippen molar-refractivity contribution in [1.82, 2.24) is 10.6 Å². The number of carbonyl (C=O) groups is 1. The Kier molecular flexibility index (Phi) is 5.04. The summed E-state index contributed by atoms with van der Waals surface area (Å²) >= 11 is 0. The van der Waals surface area contributed by atoms with E-state index in [9.17, 15) is 15.0 Å². The fraction of sp³-hybridized carbons (Fsp3) is 0.588. The van der Waals surface area contributed by atoms with Gasteiger partial charge in [0, 0.05) is 29.8 Å². The lowest BCUT2D eigenvalue weighted by molar-refractivity contribution is 0.0463. The second-order valence-electron chi connectivity index (χ2n) is 7.14. The minimum atomic E-state index is -0.490. The molecule has 0 radical (unpaired) electrons. The molecule has 1 atom stereocenters. The Balaban J connectivity index is 1.76. The van der Waals surface area contributed by atoms with Crippen molar-refractivity contribution < 1.29 is 19.7 Å². The maximum Gasteiger partial charge on any atom is 0.407 e. The molecule has 1 unspecified atom stereocenters. The van der Waals surface area contributed by atoms with Crippen molar-refractivity contribution in [3.05, 3.63) is 23.8 Å². The lowest BCUT2D eigenvalue weighted by Gasteiger charge is -2.38. The maximum atomic E-state index is 11.7. The lowest BCUT2D eigenvalue weighted by Crippen LogP contribution is -2.53. The highest BCUT2D eigenvalue weighted by molar-refractivity contribution is 5.68. The quantitative estimate of drug-likeness (QED) is 0.684. The first-order valence-corrected chi connectivity index (χ1v) is 7.91. The van der Waals surface area contributed by atoms with Gasteiger partial charge < -0.3 is 25.6 Å². The van der Waals surface area contributed by atoms with Gasteiger partial charge in [-0.25, -0.2) is 4.79 Å². The van der Waals surface area contributed by atoms with Crippen molar-refractivity contribution in [2.75, 3.05) is 0 Å². The van der Waals surface area contributed by atoms with Gasteiger partial charge in [0.2, 0.25) is 0 Å². The number of benzene rings is 1. The van der Waals surface area contributed by atoms with E-state index in [1.807, 2.05) is 27.7 Å². The van der Waals surface area contributed by atoms with Crippen LogP contribution in [0.25, 0.3) is 0 Å². The standard InChI is InChI=1S/C17H26N2O4/c1-10(14-6-5-13(20)9-15(14)21)18-11-7-12(8-11)19-16(22)23-17(2,3)4/h5-6,9-12,18,20-21H,7-8H2,1-4H3,(H,19,22). The number of carbonyl (C=O) groups excluding carboxylic acids is 1. The Morgan fingerprint density at radius 2 is 1.91 bits per heavy atom. The molecule has 0 saturated heterocycles. The summed E-state index contributed by atoms with van der Waals surface area (Å²) in [5.41, 5.74) is 0.252. The van der Waals surface area contributed by atoms with E-state index in [2.05, 4.69) is 10.6 Å². The van der Waals surface area contributed by atoms with Crippen LogP contribution in [0.5, 0.6) is 11.5 Å². The van der Waals surface area contributed by atoms with E-state index in [1.54, 1.807) is 12.1 Å². The molecule has 1 fully saturated rings. The minimum Gasteiger partial charge on any atom is -0.508 e. The van der Waals surface area contributed by atoms with Gasteiger partial charge in [-0.05, 0) is 46.6 Å². The Morgan fingerprint density at radius 3 is 2.48 bits per heavy atom. The van der Waals surface area contributed by atoms with Gasteiger partial charge in [0.1, 0.15) is 17.1 Å². The lowest BCUT2D eigenvalue weighted by atomic mass is 9.86. The number of aromatic hydroxyl groups is 2. The molecule has 1 aromatic rings. The van der Waals surface area contributed by atoms with E-state index in [0.29, 0.717) is 0 Å². The average molecular weight is 322 g/mol. The van der Waals surface area contributed by atoms with Crippen LogP contribution >= 0.6 is 0 Å². The largest absolute Gasteiger partial charge is 0.508 e. The molecule has 128 valence electrons. The Hall–Kier alpha value is -1.95. The summed E-state index contributed by atoms with van der Waals surface area (Å²) < 4.78 is 5.23. The van der Waals surface area contributed by atoms with Crippen LogP contribution in [-0.2, 0) is 4.74 Å². The SMILES string of the molecule is CC(NC1CC(NC(=O)OC(C)(C)C)C1)c1ccc(O)cc1O. The average Bonchev–Trinajstić information content (AvgIpc) is 2.33. The number of phenolic OH excluding ortho intramolecular Hbond substituents is 2. The molecule has 0 aliphatic heterocycles. The summed E-state index contributed by atoms with van der Waals surface area (Å²) in [5, 5.41) is 25.5. The molecule has 23 heavy (non-hydrogen) atoms. The zero-order valence-electron chi connectivity index (χ0n) is 14.1. The molecule has 0 spiro atoms. The van der Waals surface area contributed by atoms with Crippen molar-refractivity contribution in [3.63, 3.8) is 0 Å². The van der Waals surface area contributed by atoms with E-state index in [-0.39, 0.29) is 35.7 Å². The predicted molar refractivity (Wildman–Crippen MR) is 87.5 cm³/mol. The molecule has 1 aromatic carbocycles. The summed E-state index contributed by atoms with van der Waals surface area (Å²) in [7, 11) is 0. The number of hydrogen-bond acceptors (Lipinski definition) is 5. The monoisotopic (exact) mass is 322 g/mol. The minimum absolute atomic E-state index is 0.0388. The summed E-state index contributed by atoms with van der Waals surface area (Å²) in [6.07, 6.45) is 1.26. The van der Waals surface area contributed by atoms with Gasteiger partial charge in [-0.2, -0.15) is 0 Å². The van der Waals surface area contributed by atoms with E-state index in [1.165, 1.54) is 6.07 Å². The molecule has 0 aromatic heterocycles. The fourth-order valence-electron chi connectivity index (χ4n) is 2.69. The Morgan fingerprint density at radius 1 is 1.26 bits per heavy atom. The van der Waals surface area contributed by atoms with Gasteiger partial charge >= 0.3 is 6.09 Å². The third kappa shape index (κ3) is 5.03. The topological polar surface area (TPSA) is 90.8 Å². The first-order valence-electron chi connectivity index (χ1n) is 7.91. The molecule has 2 rings (SSSR count). The summed E-state index contributed by atoms with van der Waals surface area (Å²) in [6, 6.07) is 4.95. The Labute approximate surface area is 136 Å². The van der Waals surface area contributed by atoms with Gasteiger partial charge in [0.05, 0.1) is 0 Å². The maximum absolute atomic E-state index is 11.7. The molecule has 1 amide bonds. The van der Waals surface area contributed by atoms with Crippen LogP contribution in [0, 0.1) is 0 Å². The first-order chi connectivity index (χ1) is 10.6. The number of rotatable bonds is 4. The predicted octanol–water partition coefficient (Wildman–Crippen LogP) is 2.80. The number of alkyl carbamates (subject to hydrolysis) is 1. The number of ether oxygens (including phenoxy) is 1. The molecule has 6 nitrogen and oxygen atoms in total. The molecule has 1 saturated carbocycles. The zero-order valence-corrected chi connectivity index (χ0v) is 14.1. The van der Waals surface area contributed by atoms with Crippen molar-refractivity contribution >= 4 is 6.09 Å². The van der Waals surface area contributed by atoms with Crippen LogP contribution in [0.2, 0.25) is 0 Å². The molecular formula is C17H26N2O4. The third-order valence-electron chi connectivity index (χ3n) is 3.83. The number of phenols is 2. The van der Waals surface area contributed by atoms with E-state index < -0.39 is 5.60 Å². The van der Waals surface area contributed by atoms with E-state index in [0.717, 1.165) is 18.4 Å².